The first kappa shape index (κ1) is 31.3. The van der Waals surface area contributed by atoms with Gasteiger partial charge in [-0.1, -0.05) is 18.2 Å². The molecule has 3 aromatic heterocycles. The Morgan fingerprint density at radius 3 is 2.56 bits per heavy atom. The van der Waals surface area contributed by atoms with Crippen LogP contribution < -0.4 is 4.74 Å². The third-order valence-corrected chi connectivity index (χ3v) is 10.9. The summed E-state index contributed by atoms with van der Waals surface area (Å²) in [6.07, 6.45) is 1.92. The Morgan fingerprint density at radius 1 is 1.16 bits per heavy atom. The zero-order chi connectivity index (χ0) is 32.5. The Labute approximate surface area is 261 Å². The highest BCUT2D eigenvalue weighted by Crippen LogP contribution is 2.61. The van der Waals surface area contributed by atoms with E-state index in [0.29, 0.717) is 17.7 Å². The zero-order valence-corrected chi connectivity index (χ0v) is 26.9. The standard InChI is InChI=1S/C32H37F2N5O5S/c1-18-13-24-29(35-15-18)44-32(10-11-32)17-38(45(24,41)42)16-22-14-21(8-7-19(22)2)25(31(4,5)30(40)43-6)23-9-12-39-27(20(23)3)36-37-28(39)26(33)34/h7-9,12-15,25-26,41-42H,10-11,16-17H2,1-6H3. The number of carbonyl (C=O) groups is 1. The summed E-state index contributed by atoms with van der Waals surface area (Å²) in [7, 11) is -2.13. The van der Waals surface area contributed by atoms with Crippen LogP contribution in [0.25, 0.3) is 5.65 Å². The van der Waals surface area contributed by atoms with Crippen molar-refractivity contribution in [3.63, 3.8) is 0 Å². The van der Waals surface area contributed by atoms with Crippen LogP contribution in [0, 0.1) is 26.2 Å². The number of ether oxygens (including phenoxy) is 2. The van der Waals surface area contributed by atoms with E-state index in [2.05, 4.69) is 15.2 Å². The summed E-state index contributed by atoms with van der Waals surface area (Å²) in [4.78, 5) is 17.9. The molecule has 6 rings (SSSR count). The number of methoxy groups -OCH3 is 1. The van der Waals surface area contributed by atoms with Crippen molar-refractivity contribution < 1.29 is 32.2 Å². The zero-order valence-electron chi connectivity index (χ0n) is 26.0. The molecule has 1 aliphatic carbocycles. The number of aromatic nitrogens is 4. The number of carbonyl (C=O) groups excluding carboxylic acids is 1. The second-order valence-corrected chi connectivity index (χ2v) is 14.7. The van der Waals surface area contributed by atoms with Gasteiger partial charge in [0, 0.05) is 24.9 Å². The molecule has 0 saturated heterocycles. The smallest absolute Gasteiger partial charge is 0.312 e. The SMILES string of the molecule is COC(=O)C(C)(C)C(c1ccc(C)c(CN2CC3(CC3)Oc3ncc(C)cc3S2(O)O)c1)c1ccn2c(C(F)F)nnc2c1C. The molecule has 0 amide bonds. The average Bonchev–Trinajstić information content (AvgIpc) is 3.61. The maximum absolute atomic E-state index is 13.6. The summed E-state index contributed by atoms with van der Waals surface area (Å²) in [5, 5.41) is 7.74. The molecule has 1 atom stereocenters. The van der Waals surface area contributed by atoms with Crippen LogP contribution in [0.15, 0.2) is 47.6 Å². The number of hydrogen-bond donors (Lipinski definition) is 2. The molecular formula is C32H37F2N5O5S. The minimum atomic E-state index is -3.46. The predicted octanol–water partition coefficient (Wildman–Crippen LogP) is 6.77. The van der Waals surface area contributed by atoms with Crippen LogP contribution in [0.4, 0.5) is 8.78 Å². The molecule has 1 aromatic carbocycles. The van der Waals surface area contributed by atoms with Crippen LogP contribution >= 0.6 is 10.8 Å². The summed E-state index contributed by atoms with van der Waals surface area (Å²) >= 11 is 0. The molecule has 240 valence electrons. The van der Waals surface area contributed by atoms with Gasteiger partial charge in [-0.05, 0) is 93.0 Å². The number of fused-ring (bicyclic) bond motifs is 2. The first-order valence-corrected chi connectivity index (χ1v) is 16.2. The van der Waals surface area contributed by atoms with E-state index >= 15 is 0 Å². The van der Waals surface area contributed by atoms with Crippen LogP contribution in [0.5, 0.6) is 5.88 Å². The maximum Gasteiger partial charge on any atom is 0.312 e. The number of aryl methyl sites for hydroxylation is 3. The average molecular weight is 642 g/mol. The molecule has 4 heterocycles. The Morgan fingerprint density at radius 2 is 1.89 bits per heavy atom. The van der Waals surface area contributed by atoms with E-state index in [9.17, 15) is 22.7 Å². The van der Waals surface area contributed by atoms with Gasteiger partial charge >= 0.3 is 5.97 Å². The normalized spacial score (nSPS) is 18.7. The minimum absolute atomic E-state index is 0.200. The molecule has 2 aliphatic rings. The van der Waals surface area contributed by atoms with Gasteiger partial charge in [-0.25, -0.2) is 13.8 Å². The van der Waals surface area contributed by atoms with Crippen LogP contribution in [0.2, 0.25) is 0 Å². The van der Waals surface area contributed by atoms with Crippen LogP contribution in [-0.4, -0.2) is 58.2 Å². The number of rotatable bonds is 7. The molecule has 1 saturated carbocycles. The minimum Gasteiger partial charge on any atom is -0.469 e. The molecule has 0 bridgehead atoms. The van der Waals surface area contributed by atoms with Crippen molar-refractivity contribution in [2.75, 3.05) is 13.7 Å². The predicted molar refractivity (Wildman–Crippen MR) is 165 cm³/mol. The summed E-state index contributed by atoms with van der Waals surface area (Å²) in [6, 6.07) is 9.28. The van der Waals surface area contributed by atoms with Gasteiger partial charge in [-0.3, -0.25) is 18.3 Å². The summed E-state index contributed by atoms with van der Waals surface area (Å²) < 4.78 is 65.0. The molecule has 1 spiro atoms. The summed E-state index contributed by atoms with van der Waals surface area (Å²) in [5.41, 5.74) is 3.28. The molecule has 1 unspecified atom stereocenters. The van der Waals surface area contributed by atoms with E-state index in [4.69, 9.17) is 9.47 Å². The molecule has 0 radical (unpaired) electrons. The number of benzene rings is 1. The van der Waals surface area contributed by atoms with Gasteiger partial charge in [0.15, 0.2) is 5.65 Å². The van der Waals surface area contributed by atoms with Crippen molar-refractivity contribution in [3.8, 4) is 5.88 Å². The van der Waals surface area contributed by atoms with Crippen molar-refractivity contribution in [3.05, 3.63) is 81.9 Å². The van der Waals surface area contributed by atoms with E-state index in [-0.39, 0.29) is 23.0 Å². The van der Waals surface area contributed by atoms with Gasteiger partial charge in [0.1, 0.15) is 10.5 Å². The summed E-state index contributed by atoms with van der Waals surface area (Å²) in [6.45, 7) is 9.64. The van der Waals surface area contributed by atoms with Gasteiger partial charge in [-0.2, -0.15) is 4.31 Å². The molecule has 1 aliphatic heterocycles. The number of halogens is 2. The number of alkyl halides is 2. The van der Waals surface area contributed by atoms with E-state index in [1.54, 1.807) is 43.4 Å². The van der Waals surface area contributed by atoms with Crippen molar-refractivity contribution >= 4 is 22.4 Å². The molecular weight excluding hydrogens is 604 g/mol. The molecule has 1 fully saturated rings. The highest BCUT2D eigenvalue weighted by Gasteiger charge is 2.52. The monoisotopic (exact) mass is 641 g/mol. The quantitative estimate of drug-likeness (QED) is 0.211. The van der Waals surface area contributed by atoms with Crippen molar-refractivity contribution in [2.24, 2.45) is 5.41 Å². The maximum atomic E-state index is 13.6. The molecule has 45 heavy (non-hydrogen) atoms. The fourth-order valence-electron chi connectivity index (χ4n) is 6.31. The lowest BCUT2D eigenvalue weighted by atomic mass is 9.70. The van der Waals surface area contributed by atoms with Crippen LogP contribution in [0.1, 0.15) is 78.2 Å². The van der Waals surface area contributed by atoms with Gasteiger partial charge < -0.3 is 9.47 Å². The number of esters is 1. The number of nitrogens with zero attached hydrogens (tertiary/aromatic N) is 5. The van der Waals surface area contributed by atoms with Crippen molar-refractivity contribution in [2.45, 2.75) is 76.8 Å². The Hall–Kier alpha value is -3.65. The lowest BCUT2D eigenvalue weighted by Crippen LogP contribution is -2.36. The Kier molecular flexibility index (Phi) is 7.66. The van der Waals surface area contributed by atoms with E-state index in [0.717, 1.165) is 35.1 Å². The fraction of sp³-hybridized carbons (Fsp3) is 0.438. The number of hydrogen-bond acceptors (Lipinski definition) is 9. The Balaban J connectivity index is 1.45. The largest absolute Gasteiger partial charge is 0.469 e. The molecule has 10 nitrogen and oxygen atoms in total. The van der Waals surface area contributed by atoms with Crippen LogP contribution in [0.3, 0.4) is 0 Å². The second kappa shape index (κ2) is 11.0. The first-order valence-electron chi connectivity index (χ1n) is 14.7. The second-order valence-electron chi connectivity index (χ2n) is 12.7. The van der Waals surface area contributed by atoms with E-state index < -0.39 is 45.9 Å². The van der Waals surface area contributed by atoms with Crippen molar-refractivity contribution in [1.82, 2.24) is 23.9 Å². The highest BCUT2D eigenvalue weighted by molar-refractivity contribution is 8.22. The van der Waals surface area contributed by atoms with E-state index in [1.807, 2.05) is 32.0 Å². The third kappa shape index (κ3) is 5.35. The molecule has 13 heteroatoms. The number of pyridine rings is 2. The van der Waals surface area contributed by atoms with Crippen LogP contribution in [-0.2, 0) is 16.1 Å². The van der Waals surface area contributed by atoms with Gasteiger partial charge in [0.05, 0.1) is 19.1 Å². The highest BCUT2D eigenvalue weighted by atomic mass is 32.3. The van der Waals surface area contributed by atoms with E-state index in [1.165, 1.54) is 17.7 Å². The third-order valence-electron chi connectivity index (χ3n) is 9.08. The fourth-order valence-corrected chi connectivity index (χ4v) is 7.99. The molecule has 4 aromatic rings. The summed E-state index contributed by atoms with van der Waals surface area (Å²) in [5.74, 6) is -1.23. The topological polar surface area (TPSA) is 122 Å². The van der Waals surface area contributed by atoms with Crippen molar-refractivity contribution in [1.29, 1.82) is 0 Å². The lowest BCUT2D eigenvalue weighted by Gasteiger charge is -2.42. The van der Waals surface area contributed by atoms with Gasteiger partial charge in [0.2, 0.25) is 11.7 Å². The first-order chi connectivity index (χ1) is 21.2. The molecule has 2 N–H and O–H groups in total. The van der Waals surface area contributed by atoms with Gasteiger partial charge in [0.25, 0.3) is 6.43 Å². The Bertz CT molecular complexity index is 1810. The lowest BCUT2D eigenvalue weighted by molar-refractivity contribution is -0.151. The van der Waals surface area contributed by atoms with Gasteiger partial charge in [-0.15, -0.1) is 21.0 Å².